The maximum absolute atomic E-state index is 13.6. The molecule has 1 fully saturated rings. The third-order valence-corrected chi connectivity index (χ3v) is 3.66. The number of hydrogen-bond acceptors (Lipinski definition) is 2. The van der Waals surface area contributed by atoms with Crippen molar-refractivity contribution in [3.8, 4) is 0 Å². The molecule has 0 heterocycles. The molecule has 3 heteroatoms. The van der Waals surface area contributed by atoms with E-state index >= 15 is 0 Å². The topological polar surface area (TPSA) is 29.3 Å². The third-order valence-electron chi connectivity index (χ3n) is 3.66. The first kappa shape index (κ1) is 11.4. The average molecular weight is 222 g/mol. The Hall–Kier alpha value is -1.09. The molecule has 1 aliphatic rings. The molecule has 16 heavy (non-hydrogen) atoms. The summed E-state index contributed by atoms with van der Waals surface area (Å²) in [5.74, 6) is -0.172. The maximum atomic E-state index is 13.6. The van der Waals surface area contributed by atoms with E-state index in [1.54, 1.807) is 11.0 Å². The molecular formula is C13H19FN2. The highest BCUT2D eigenvalue weighted by Gasteiger charge is 2.47. The highest BCUT2D eigenvalue weighted by Crippen LogP contribution is 2.50. The van der Waals surface area contributed by atoms with Crippen LogP contribution in [-0.2, 0) is 5.41 Å². The van der Waals surface area contributed by atoms with Crippen LogP contribution in [0.25, 0.3) is 0 Å². The van der Waals surface area contributed by atoms with E-state index in [0.717, 1.165) is 12.8 Å². The van der Waals surface area contributed by atoms with E-state index in [4.69, 9.17) is 5.73 Å². The zero-order valence-electron chi connectivity index (χ0n) is 10.1. The minimum absolute atomic E-state index is 0.0957. The van der Waals surface area contributed by atoms with Crippen LogP contribution >= 0.6 is 0 Å². The lowest BCUT2D eigenvalue weighted by Gasteiger charge is -2.22. The third kappa shape index (κ3) is 1.69. The Kier molecular flexibility index (Phi) is 2.66. The van der Waals surface area contributed by atoms with Crippen molar-refractivity contribution in [1.82, 2.24) is 0 Å². The number of nitrogens with two attached hydrogens (primary N) is 1. The SMILES string of the molecule is CC(N)C1(c2ccc(F)c(N(C)C)c2)CC1. The van der Waals surface area contributed by atoms with Crippen LogP contribution in [0.2, 0.25) is 0 Å². The van der Waals surface area contributed by atoms with Crippen molar-refractivity contribution in [2.45, 2.75) is 31.2 Å². The molecule has 0 aromatic heterocycles. The summed E-state index contributed by atoms with van der Waals surface area (Å²) < 4.78 is 13.6. The van der Waals surface area contributed by atoms with Gasteiger partial charge in [-0.2, -0.15) is 0 Å². The van der Waals surface area contributed by atoms with Gasteiger partial charge < -0.3 is 10.6 Å². The van der Waals surface area contributed by atoms with Gasteiger partial charge in [-0.1, -0.05) is 6.07 Å². The van der Waals surface area contributed by atoms with E-state index in [1.165, 1.54) is 5.56 Å². The summed E-state index contributed by atoms with van der Waals surface area (Å²) in [6, 6.07) is 5.49. The molecule has 0 radical (unpaired) electrons. The molecule has 1 aromatic rings. The summed E-state index contributed by atoms with van der Waals surface area (Å²) >= 11 is 0. The molecule has 0 aliphatic heterocycles. The van der Waals surface area contributed by atoms with E-state index in [1.807, 2.05) is 33.2 Å². The van der Waals surface area contributed by atoms with Crippen LogP contribution in [0.1, 0.15) is 25.3 Å². The molecule has 88 valence electrons. The standard InChI is InChI=1S/C13H19FN2/c1-9(15)13(6-7-13)10-4-5-11(14)12(8-10)16(2)3/h4-5,8-9H,6-7,15H2,1-3H3. The largest absolute Gasteiger partial charge is 0.375 e. The Morgan fingerprint density at radius 3 is 2.44 bits per heavy atom. The second-order valence-corrected chi connectivity index (χ2v) is 5.01. The van der Waals surface area contributed by atoms with Gasteiger partial charge in [0.1, 0.15) is 5.82 Å². The van der Waals surface area contributed by atoms with E-state index in [2.05, 4.69) is 0 Å². The van der Waals surface area contributed by atoms with Gasteiger partial charge in [-0.05, 0) is 37.5 Å². The average Bonchev–Trinajstić information content (AvgIpc) is 2.98. The second kappa shape index (κ2) is 3.74. The predicted octanol–water partition coefficient (Wildman–Crippen LogP) is 2.27. The van der Waals surface area contributed by atoms with Crippen LogP contribution in [0.15, 0.2) is 18.2 Å². The highest BCUT2D eigenvalue weighted by molar-refractivity contribution is 5.52. The smallest absolute Gasteiger partial charge is 0.146 e. The van der Waals surface area contributed by atoms with Crippen molar-refractivity contribution < 1.29 is 4.39 Å². The van der Waals surface area contributed by atoms with Crippen molar-refractivity contribution in [2.24, 2.45) is 5.73 Å². The van der Waals surface area contributed by atoms with Gasteiger partial charge in [-0.15, -0.1) is 0 Å². The van der Waals surface area contributed by atoms with Gasteiger partial charge in [0, 0.05) is 25.6 Å². The fourth-order valence-electron chi connectivity index (χ4n) is 2.31. The summed E-state index contributed by atoms with van der Waals surface area (Å²) in [5.41, 5.74) is 7.93. The minimum Gasteiger partial charge on any atom is -0.375 e. The predicted molar refractivity (Wildman–Crippen MR) is 65.3 cm³/mol. The van der Waals surface area contributed by atoms with Crippen LogP contribution in [0.5, 0.6) is 0 Å². The normalized spacial score (nSPS) is 19.3. The van der Waals surface area contributed by atoms with Crippen molar-refractivity contribution in [1.29, 1.82) is 0 Å². The maximum Gasteiger partial charge on any atom is 0.146 e. The van der Waals surface area contributed by atoms with Crippen molar-refractivity contribution in [3.63, 3.8) is 0 Å². The van der Waals surface area contributed by atoms with Gasteiger partial charge in [-0.25, -0.2) is 4.39 Å². The Morgan fingerprint density at radius 2 is 2.00 bits per heavy atom. The lowest BCUT2D eigenvalue weighted by molar-refractivity contribution is 0.553. The van der Waals surface area contributed by atoms with E-state index < -0.39 is 0 Å². The Labute approximate surface area is 96.2 Å². The number of anilines is 1. The van der Waals surface area contributed by atoms with Gasteiger partial charge in [0.25, 0.3) is 0 Å². The molecular weight excluding hydrogens is 203 g/mol. The molecule has 1 unspecified atom stereocenters. The number of benzene rings is 1. The molecule has 2 N–H and O–H groups in total. The molecule has 1 aromatic carbocycles. The summed E-state index contributed by atoms with van der Waals surface area (Å²) in [4.78, 5) is 1.80. The van der Waals surface area contributed by atoms with E-state index in [-0.39, 0.29) is 17.3 Å². The minimum atomic E-state index is -0.172. The van der Waals surface area contributed by atoms with Gasteiger partial charge in [0.15, 0.2) is 0 Å². The Morgan fingerprint density at radius 1 is 1.38 bits per heavy atom. The molecule has 1 aliphatic carbocycles. The van der Waals surface area contributed by atoms with Gasteiger partial charge >= 0.3 is 0 Å². The number of nitrogens with zero attached hydrogens (tertiary/aromatic N) is 1. The van der Waals surface area contributed by atoms with Crippen LogP contribution in [-0.4, -0.2) is 20.1 Å². The summed E-state index contributed by atoms with van der Waals surface area (Å²) in [6.07, 6.45) is 2.23. The van der Waals surface area contributed by atoms with Crippen LogP contribution in [0.4, 0.5) is 10.1 Å². The van der Waals surface area contributed by atoms with Crippen LogP contribution in [0, 0.1) is 5.82 Å². The lowest BCUT2D eigenvalue weighted by Crippen LogP contribution is -2.31. The summed E-state index contributed by atoms with van der Waals surface area (Å²) in [6.45, 7) is 2.03. The fraction of sp³-hybridized carbons (Fsp3) is 0.538. The van der Waals surface area contributed by atoms with Crippen molar-refractivity contribution in [3.05, 3.63) is 29.6 Å². The number of hydrogen-bond donors (Lipinski definition) is 1. The van der Waals surface area contributed by atoms with Crippen molar-refractivity contribution >= 4 is 5.69 Å². The fourth-order valence-corrected chi connectivity index (χ4v) is 2.31. The van der Waals surface area contributed by atoms with Crippen LogP contribution in [0.3, 0.4) is 0 Å². The Bertz CT molecular complexity index is 395. The molecule has 1 saturated carbocycles. The molecule has 0 bridgehead atoms. The van der Waals surface area contributed by atoms with Gasteiger partial charge in [0.05, 0.1) is 5.69 Å². The Balaban J connectivity index is 2.40. The first-order chi connectivity index (χ1) is 7.47. The zero-order valence-corrected chi connectivity index (χ0v) is 10.1. The quantitative estimate of drug-likeness (QED) is 0.850. The van der Waals surface area contributed by atoms with E-state index in [0.29, 0.717) is 5.69 Å². The van der Waals surface area contributed by atoms with Crippen LogP contribution < -0.4 is 10.6 Å². The molecule has 0 amide bonds. The second-order valence-electron chi connectivity index (χ2n) is 5.01. The van der Waals surface area contributed by atoms with Crippen molar-refractivity contribution in [2.75, 3.05) is 19.0 Å². The first-order valence-electron chi connectivity index (χ1n) is 5.70. The molecule has 2 rings (SSSR count). The first-order valence-corrected chi connectivity index (χ1v) is 5.70. The summed E-state index contributed by atoms with van der Waals surface area (Å²) in [7, 11) is 3.71. The molecule has 0 saturated heterocycles. The monoisotopic (exact) mass is 222 g/mol. The lowest BCUT2D eigenvalue weighted by atomic mass is 9.89. The van der Waals surface area contributed by atoms with E-state index in [9.17, 15) is 4.39 Å². The molecule has 0 spiro atoms. The van der Waals surface area contributed by atoms with Gasteiger partial charge in [0.2, 0.25) is 0 Å². The molecule has 2 nitrogen and oxygen atoms in total. The number of halogens is 1. The number of rotatable bonds is 3. The highest BCUT2D eigenvalue weighted by atomic mass is 19.1. The van der Waals surface area contributed by atoms with Gasteiger partial charge in [-0.3, -0.25) is 0 Å². The zero-order chi connectivity index (χ0) is 11.9. The molecule has 1 atom stereocenters. The summed E-state index contributed by atoms with van der Waals surface area (Å²) in [5, 5.41) is 0.